The Morgan fingerprint density at radius 2 is 1.81 bits per heavy atom. The molecule has 3 N–H and O–H groups in total. The van der Waals surface area contributed by atoms with E-state index in [1.54, 1.807) is 12.1 Å². The first-order valence-electron chi connectivity index (χ1n) is 14.9. The van der Waals surface area contributed by atoms with E-state index in [-0.39, 0.29) is 5.82 Å². The van der Waals surface area contributed by atoms with Crippen LogP contribution in [-0.2, 0) is 0 Å². The van der Waals surface area contributed by atoms with Crippen LogP contribution in [0.1, 0.15) is 63.3 Å². The van der Waals surface area contributed by atoms with Crippen LogP contribution in [0, 0.1) is 11.7 Å². The van der Waals surface area contributed by atoms with Gasteiger partial charge >= 0.3 is 0 Å². The minimum Gasteiger partial charge on any atom is -0.386 e. The maximum atomic E-state index is 13.5. The first-order valence-corrected chi connectivity index (χ1v) is 14.9. The number of nitrogens with one attached hydrogen (secondary N) is 3. The van der Waals surface area contributed by atoms with Crippen molar-refractivity contribution in [3.63, 3.8) is 0 Å². The number of anilines is 1. The van der Waals surface area contributed by atoms with Crippen molar-refractivity contribution < 1.29 is 4.39 Å². The van der Waals surface area contributed by atoms with Gasteiger partial charge in [-0.1, -0.05) is 51.3 Å². The molecule has 1 fully saturated rings. The number of nitrogens with zero attached hydrogens (tertiary/aromatic N) is 2. The van der Waals surface area contributed by atoms with Crippen LogP contribution in [0.3, 0.4) is 0 Å². The number of aliphatic imine (C=N–C) groups is 1. The van der Waals surface area contributed by atoms with E-state index in [1.165, 1.54) is 44.0 Å². The van der Waals surface area contributed by atoms with E-state index >= 15 is 0 Å². The Morgan fingerprint density at radius 1 is 1.12 bits per heavy atom. The van der Waals surface area contributed by atoms with Crippen LogP contribution in [0.4, 0.5) is 10.1 Å². The number of benzene rings is 1. The molecule has 43 heavy (non-hydrogen) atoms. The van der Waals surface area contributed by atoms with E-state index < -0.39 is 0 Å². The monoisotopic (exact) mass is 579 g/mol. The third-order valence-electron chi connectivity index (χ3n) is 7.90. The van der Waals surface area contributed by atoms with Crippen molar-refractivity contribution in [2.45, 2.75) is 46.5 Å². The molecule has 0 spiro atoms. The molecule has 1 aliphatic rings. The summed E-state index contributed by atoms with van der Waals surface area (Å²) in [6, 6.07) is 8.29. The molecule has 5 nitrogen and oxygen atoms in total. The summed E-state index contributed by atoms with van der Waals surface area (Å²) in [5.74, 6) is 0.484. The Bertz CT molecular complexity index is 1450. The predicted octanol–water partition coefficient (Wildman–Crippen LogP) is 8.60. The third-order valence-corrected chi connectivity index (χ3v) is 7.90. The third kappa shape index (κ3) is 9.10. The zero-order valence-electron chi connectivity index (χ0n) is 26.2. The molecule has 0 unspecified atom stereocenters. The van der Waals surface area contributed by atoms with E-state index in [2.05, 4.69) is 59.4 Å². The van der Waals surface area contributed by atoms with Gasteiger partial charge in [0.25, 0.3) is 0 Å². The second-order valence-corrected chi connectivity index (χ2v) is 10.8. The summed E-state index contributed by atoms with van der Waals surface area (Å²) in [6.45, 7) is 24.2. The molecular formula is C37H46FN5. The first-order chi connectivity index (χ1) is 20.7. The molecule has 0 saturated heterocycles. The van der Waals surface area contributed by atoms with Crippen LogP contribution in [0.15, 0.2) is 115 Å². The molecule has 0 aliphatic heterocycles. The van der Waals surface area contributed by atoms with Gasteiger partial charge in [0, 0.05) is 42.3 Å². The van der Waals surface area contributed by atoms with Crippen LogP contribution in [0.25, 0.3) is 11.1 Å². The van der Waals surface area contributed by atoms with Crippen molar-refractivity contribution in [3.05, 3.63) is 132 Å². The summed E-state index contributed by atoms with van der Waals surface area (Å²) < 4.78 is 13.5. The van der Waals surface area contributed by atoms with Gasteiger partial charge in [-0.3, -0.25) is 9.98 Å². The van der Waals surface area contributed by atoms with Crippen molar-refractivity contribution in [2.24, 2.45) is 10.9 Å². The lowest BCUT2D eigenvalue weighted by molar-refractivity contribution is 0.503. The molecule has 1 saturated carbocycles. The molecule has 2 aromatic rings. The van der Waals surface area contributed by atoms with Gasteiger partial charge < -0.3 is 16.0 Å². The molecule has 3 rings (SSSR count). The van der Waals surface area contributed by atoms with Crippen LogP contribution >= 0.6 is 0 Å². The van der Waals surface area contributed by atoms with Gasteiger partial charge in [-0.2, -0.15) is 0 Å². The largest absolute Gasteiger partial charge is 0.386 e. The summed E-state index contributed by atoms with van der Waals surface area (Å²) in [7, 11) is 1.86. The SMILES string of the molecule is C=CN=C(/C(C)=C(\C)NC(=C)C(=C)c1cc(C(/C=C(\C=C)CNCC2CCCC2)=C/C)ncc1NC)c1ccc(F)cc1. The zero-order chi connectivity index (χ0) is 31.4. The molecule has 0 bridgehead atoms. The number of rotatable bonds is 15. The van der Waals surface area contributed by atoms with Gasteiger partial charge in [-0.05, 0) is 105 Å². The Morgan fingerprint density at radius 3 is 2.42 bits per heavy atom. The predicted molar refractivity (Wildman–Crippen MR) is 183 cm³/mol. The van der Waals surface area contributed by atoms with Crippen molar-refractivity contribution >= 4 is 22.5 Å². The molecule has 0 radical (unpaired) electrons. The molecular weight excluding hydrogens is 533 g/mol. The first kappa shape index (κ1) is 33.2. The molecule has 1 aliphatic carbocycles. The summed E-state index contributed by atoms with van der Waals surface area (Å²) in [5.41, 5.74) is 9.27. The highest BCUT2D eigenvalue weighted by Gasteiger charge is 2.16. The number of pyridine rings is 1. The Balaban J connectivity index is 1.82. The summed E-state index contributed by atoms with van der Waals surface area (Å²) >= 11 is 0. The van der Waals surface area contributed by atoms with Crippen LogP contribution in [0.5, 0.6) is 0 Å². The topological polar surface area (TPSA) is 61.3 Å². The van der Waals surface area contributed by atoms with Gasteiger partial charge in [-0.25, -0.2) is 4.39 Å². The number of hydrogen-bond acceptors (Lipinski definition) is 5. The molecule has 1 aromatic carbocycles. The van der Waals surface area contributed by atoms with Crippen molar-refractivity contribution in [3.8, 4) is 0 Å². The fraction of sp³-hybridized carbons (Fsp3) is 0.297. The highest BCUT2D eigenvalue weighted by atomic mass is 19.1. The van der Waals surface area contributed by atoms with Crippen molar-refractivity contribution in [1.82, 2.24) is 15.6 Å². The summed E-state index contributed by atoms with van der Waals surface area (Å²) in [4.78, 5) is 9.20. The second kappa shape index (κ2) is 16.4. The van der Waals surface area contributed by atoms with E-state index in [4.69, 9.17) is 4.98 Å². The fourth-order valence-electron chi connectivity index (χ4n) is 5.21. The molecule has 226 valence electrons. The normalized spacial score (nSPS) is 15.1. The highest BCUT2D eigenvalue weighted by molar-refractivity contribution is 6.13. The van der Waals surface area contributed by atoms with Gasteiger partial charge in [0.15, 0.2) is 0 Å². The lowest BCUT2D eigenvalue weighted by Gasteiger charge is -2.19. The van der Waals surface area contributed by atoms with Gasteiger partial charge in [0.05, 0.1) is 23.3 Å². The maximum Gasteiger partial charge on any atom is 0.123 e. The minimum absolute atomic E-state index is 0.298. The fourth-order valence-corrected chi connectivity index (χ4v) is 5.21. The number of hydrogen-bond donors (Lipinski definition) is 3. The lowest BCUT2D eigenvalue weighted by Crippen LogP contribution is -2.23. The van der Waals surface area contributed by atoms with Crippen molar-refractivity contribution in [1.29, 1.82) is 0 Å². The lowest BCUT2D eigenvalue weighted by atomic mass is 9.99. The standard InChI is InChI=1S/C37H46FN5/c1-9-29(22-40-23-30-14-12-13-15-30)20-31(10-2)35-21-34(36(39-8)24-42-35)25(4)27(6)43-28(7)26(5)37(41-11-3)32-16-18-33(38)19-17-32/h9-11,16-21,24,30,39-40,43H,1,3-4,6,12-15,22-23H2,2,5,7-8H3/b28-26+,29-20+,31-10+,41-37?. The summed E-state index contributed by atoms with van der Waals surface area (Å²) in [5, 5.41) is 10.2. The average molecular weight is 580 g/mol. The van der Waals surface area contributed by atoms with Gasteiger partial charge in [0.2, 0.25) is 0 Å². The average Bonchev–Trinajstić information content (AvgIpc) is 3.54. The highest BCUT2D eigenvalue weighted by Crippen LogP contribution is 2.30. The number of allylic oxidation sites excluding steroid dienone is 6. The second-order valence-electron chi connectivity index (χ2n) is 10.8. The minimum atomic E-state index is -0.298. The summed E-state index contributed by atoms with van der Waals surface area (Å²) in [6.07, 6.45) is 14.8. The van der Waals surface area contributed by atoms with Crippen LogP contribution in [-0.4, -0.2) is 30.8 Å². The maximum absolute atomic E-state index is 13.5. The molecule has 6 heteroatoms. The molecule has 0 atom stereocenters. The van der Waals surface area contributed by atoms with E-state index in [9.17, 15) is 4.39 Å². The van der Waals surface area contributed by atoms with Crippen molar-refractivity contribution in [2.75, 3.05) is 25.5 Å². The van der Waals surface area contributed by atoms with Crippen LogP contribution < -0.4 is 16.0 Å². The smallest absolute Gasteiger partial charge is 0.123 e. The van der Waals surface area contributed by atoms with Gasteiger partial charge in [0.1, 0.15) is 5.82 Å². The Kier molecular flexibility index (Phi) is 12.6. The van der Waals surface area contributed by atoms with E-state index in [0.29, 0.717) is 11.4 Å². The van der Waals surface area contributed by atoms with E-state index in [1.807, 2.05) is 46.2 Å². The number of aromatic nitrogens is 1. The molecule has 1 heterocycles. The zero-order valence-corrected chi connectivity index (χ0v) is 26.2. The molecule has 1 aromatic heterocycles. The quantitative estimate of drug-likeness (QED) is 0.146. The number of halogens is 1. The van der Waals surface area contributed by atoms with Gasteiger partial charge in [-0.15, -0.1) is 0 Å². The van der Waals surface area contributed by atoms with Crippen LogP contribution in [0.2, 0.25) is 0 Å². The van der Waals surface area contributed by atoms with E-state index in [0.717, 1.165) is 69.5 Å². The molecule has 0 amide bonds. The Hall–Kier alpha value is -4.29. The Labute approximate surface area is 257 Å².